The van der Waals surface area contributed by atoms with Gasteiger partial charge in [0.25, 0.3) is 5.92 Å². The summed E-state index contributed by atoms with van der Waals surface area (Å²) in [6.45, 7) is 0.504. The molecule has 0 atom stereocenters. The number of fused-ring (bicyclic) bond motifs is 1. The number of nitrogens with zero attached hydrogens (tertiary/aromatic N) is 6. The molecule has 0 unspecified atom stereocenters. The molecule has 0 N–H and O–H groups in total. The molecular formula is C21H19F3N6. The highest BCUT2D eigenvalue weighted by molar-refractivity contribution is 6.14. The summed E-state index contributed by atoms with van der Waals surface area (Å²) >= 11 is 0. The van der Waals surface area contributed by atoms with Crippen molar-refractivity contribution in [2.75, 3.05) is 18.0 Å². The zero-order chi connectivity index (χ0) is 20.9. The molecule has 2 aromatic heterocycles. The number of hydrogen-bond acceptors (Lipinski definition) is 5. The molecule has 1 aromatic carbocycles. The first-order valence-corrected chi connectivity index (χ1v) is 9.71. The van der Waals surface area contributed by atoms with Crippen molar-refractivity contribution >= 4 is 11.5 Å². The summed E-state index contributed by atoms with van der Waals surface area (Å²) in [6.07, 6.45) is 5.02. The summed E-state index contributed by atoms with van der Waals surface area (Å²) in [4.78, 5) is 14.6. The first-order chi connectivity index (χ1) is 14.4. The van der Waals surface area contributed by atoms with Gasteiger partial charge >= 0.3 is 0 Å². The topological polar surface area (TPSA) is 59.2 Å². The SMILES string of the molecule is Cn1cc(-c2cc3c(cc2F)CN=C3c2cc(N3CCCC(F)(F)C3)ncn2)cn1. The van der Waals surface area contributed by atoms with Gasteiger partial charge in [-0.15, -0.1) is 0 Å². The third kappa shape index (κ3) is 3.34. The number of benzene rings is 1. The van der Waals surface area contributed by atoms with Crippen LogP contribution in [0.15, 0.2) is 41.9 Å². The molecule has 5 rings (SSSR count). The highest BCUT2D eigenvalue weighted by Gasteiger charge is 2.36. The van der Waals surface area contributed by atoms with Gasteiger partial charge in [0.2, 0.25) is 0 Å². The Bertz CT molecular complexity index is 1150. The van der Waals surface area contributed by atoms with Gasteiger partial charge in [-0.05, 0) is 24.1 Å². The highest BCUT2D eigenvalue weighted by Crippen LogP contribution is 2.32. The van der Waals surface area contributed by atoms with Crippen molar-refractivity contribution in [3.63, 3.8) is 0 Å². The lowest BCUT2D eigenvalue weighted by molar-refractivity contribution is -0.0118. The number of anilines is 1. The van der Waals surface area contributed by atoms with Crippen molar-refractivity contribution in [1.82, 2.24) is 19.7 Å². The van der Waals surface area contributed by atoms with Crippen molar-refractivity contribution in [2.24, 2.45) is 12.0 Å². The summed E-state index contributed by atoms with van der Waals surface area (Å²) in [5.41, 5.74) is 3.80. The molecule has 154 valence electrons. The smallest absolute Gasteiger partial charge is 0.265 e. The number of rotatable bonds is 3. The van der Waals surface area contributed by atoms with Crippen LogP contribution in [0.3, 0.4) is 0 Å². The van der Waals surface area contributed by atoms with Gasteiger partial charge in [-0.25, -0.2) is 23.1 Å². The summed E-state index contributed by atoms with van der Waals surface area (Å²) in [6, 6.07) is 4.92. The Morgan fingerprint density at radius 2 is 1.97 bits per heavy atom. The number of piperidine rings is 1. The number of alkyl halides is 2. The molecule has 30 heavy (non-hydrogen) atoms. The largest absolute Gasteiger partial charge is 0.350 e. The molecule has 2 aliphatic rings. The van der Waals surface area contributed by atoms with Gasteiger partial charge in [-0.2, -0.15) is 5.10 Å². The van der Waals surface area contributed by atoms with E-state index in [1.807, 2.05) is 0 Å². The average molecular weight is 412 g/mol. The Morgan fingerprint density at radius 1 is 1.10 bits per heavy atom. The number of aliphatic imine (C=N–C) groups is 1. The van der Waals surface area contributed by atoms with Crippen molar-refractivity contribution in [3.8, 4) is 11.1 Å². The lowest BCUT2D eigenvalue weighted by Crippen LogP contribution is -2.43. The van der Waals surface area contributed by atoms with Crippen LogP contribution in [0.25, 0.3) is 11.1 Å². The molecule has 4 heterocycles. The summed E-state index contributed by atoms with van der Waals surface area (Å²) in [5.74, 6) is -2.61. The van der Waals surface area contributed by atoms with Crippen LogP contribution >= 0.6 is 0 Å². The van der Waals surface area contributed by atoms with Crippen molar-refractivity contribution in [3.05, 3.63) is 59.6 Å². The van der Waals surface area contributed by atoms with Crippen LogP contribution in [0, 0.1) is 5.82 Å². The third-order valence-electron chi connectivity index (χ3n) is 5.48. The Hall–Kier alpha value is -3.23. The van der Waals surface area contributed by atoms with Crippen molar-refractivity contribution in [1.29, 1.82) is 0 Å². The van der Waals surface area contributed by atoms with E-state index in [4.69, 9.17) is 0 Å². The van der Waals surface area contributed by atoms with E-state index in [9.17, 15) is 13.2 Å². The minimum Gasteiger partial charge on any atom is -0.350 e. The molecule has 9 heteroatoms. The number of aromatic nitrogens is 4. The predicted molar refractivity (Wildman–Crippen MR) is 106 cm³/mol. The average Bonchev–Trinajstić information content (AvgIpc) is 3.32. The molecule has 1 saturated heterocycles. The van der Waals surface area contributed by atoms with Gasteiger partial charge in [0.1, 0.15) is 18.0 Å². The monoisotopic (exact) mass is 412 g/mol. The molecule has 0 bridgehead atoms. The molecule has 6 nitrogen and oxygen atoms in total. The van der Waals surface area contributed by atoms with Crippen LogP contribution in [0.5, 0.6) is 0 Å². The molecule has 0 spiro atoms. The van der Waals surface area contributed by atoms with E-state index in [1.165, 1.54) is 12.4 Å². The van der Waals surface area contributed by atoms with Crippen LogP contribution in [-0.4, -0.2) is 44.5 Å². The normalized spacial score (nSPS) is 17.7. The fourth-order valence-corrected chi connectivity index (χ4v) is 4.03. The number of aryl methyl sites for hydroxylation is 1. The third-order valence-corrected chi connectivity index (χ3v) is 5.48. The maximum atomic E-state index is 14.7. The second-order valence-corrected chi connectivity index (χ2v) is 7.70. The quantitative estimate of drug-likeness (QED) is 0.660. The zero-order valence-corrected chi connectivity index (χ0v) is 16.3. The van der Waals surface area contributed by atoms with E-state index in [1.54, 1.807) is 41.2 Å². The lowest BCUT2D eigenvalue weighted by atomic mass is 9.97. The van der Waals surface area contributed by atoms with Crippen molar-refractivity contribution in [2.45, 2.75) is 25.3 Å². The van der Waals surface area contributed by atoms with E-state index >= 15 is 0 Å². The molecule has 1 fully saturated rings. The fraction of sp³-hybridized carbons (Fsp3) is 0.333. The summed E-state index contributed by atoms with van der Waals surface area (Å²) < 4.78 is 43.9. The Kier molecular flexibility index (Phi) is 4.34. The molecule has 3 aromatic rings. The van der Waals surface area contributed by atoms with Crippen LogP contribution in [0.2, 0.25) is 0 Å². The van der Waals surface area contributed by atoms with Gasteiger partial charge in [-0.3, -0.25) is 9.67 Å². The Labute approximate surface area is 171 Å². The molecule has 0 radical (unpaired) electrons. The molecule has 0 aliphatic carbocycles. The minimum absolute atomic E-state index is 0.107. The van der Waals surface area contributed by atoms with Crippen LogP contribution in [0.4, 0.5) is 19.0 Å². The summed E-state index contributed by atoms with van der Waals surface area (Å²) in [5, 5.41) is 4.11. The van der Waals surface area contributed by atoms with Gasteiger partial charge in [0, 0.05) is 49.0 Å². The van der Waals surface area contributed by atoms with Gasteiger partial charge < -0.3 is 4.90 Å². The van der Waals surface area contributed by atoms with Crippen LogP contribution in [0.1, 0.15) is 29.7 Å². The van der Waals surface area contributed by atoms with E-state index in [2.05, 4.69) is 20.1 Å². The first kappa shape index (κ1) is 18.8. The molecule has 2 aliphatic heterocycles. The predicted octanol–water partition coefficient (Wildman–Crippen LogP) is 3.60. The number of hydrogen-bond donors (Lipinski definition) is 0. The second-order valence-electron chi connectivity index (χ2n) is 7.70. The van der Waals surface area contributed by atoms with E-state index in [-0.39, 0.29) is 18.8 Å². The highest BCUT2D eigenvalue weighted by atomic mass is 19.3. The maximum absolute atomic E-state index is 14.7. The molecular weight excluding hydrogens is 393 g/mol. The summed E-state index contributed by atoms with van der Waals surface area (Å²) in [7, 11) is 1.77. The standard InChI is InChI=1S/C21H19F3N6/c1-29-10-14(9-28-29)15-6-16-13(5-17(15)22)8-25-20(16)18-7-19(27-12-26-18)30-4-2-3-21(23,24)11-30/h5-7,9-10,12H,2-4,8,11H2,1H3. The lowest BCUT2D eigenvalue weighted by Gasteiger charge is -2.33. The Balaban J connectivity index is 1.50. The van der Waals surface area contributed by atoms with Gasteiger partial charge in [0.05, 0.1) is 30.7 Å². The zero-order valence-electron chi connectivity index (χ0n) is 16.3. The minimum atomic E-state index is -2.73. The maximum Gasteiger partial charge on any atom is 0.265 e. The molecule has 0 saturated carbocycles. The van der Waals surface area contributed by atoms with E-state index < -0.39 is 5.92 Å². The molecule has 0 amide bonds. The first-order valence-electron chi connectivity index (χ1n) is 9.71. The van der Waals surface area contributed by atoms with Crippen molar-refractivity contribution < 1.29 is 13.2 Å². The van der Waals surface area contributed by atoms with Gasteiger partial charge in [-0.1, -0.05) is 0 Å². The van der Waals surface area contributed by atoms with E-state index in [0.717, 1.165) is 11.1 Å². The number of halogens is 3. The second kappa shape index (κ2) is 6.93. The van der Waals surface area contributed by atoms with Gasteiger partial charge in [0.15, 0.2) is 0 Å². The fourth-order valence-electron chi connectivity index (χ4n) is 4.03. The van der Waals surface area contributed by atoms with Crippen LogP contribution in [-0.2, 0) is 13.6 Å². The Morgan fingerprint density at radius 3 is 2.73 bits per heavy atom. The van der Waals surface area contributed by atoms with E-state index in [0.29, 0.717) is 47.9 Å². The van der Waals surface area contributed by atoms with Crippen LogP contribution < -0.4 is 4.90 Å².